The Morgan fingerprint density at radius 3 is 1.07 bits per heavy atom. The van der Waals surface area contributed by atoms with E-state index in [1.165, 1.54) is 89.9 Å². The number of rotatable bonds is 46. The molecule has 0 aliphatic rings. The smallest absolute Gasteiger partial charge is 0.306 e. The first-order valence-corrected chi connectivity index (χ1v) is 25.8. The molecule has 0 aliphatic carbocycles. The van der Waals surface area contributed by atoms with Crippen LogP contribution in [-0.2, 0) is 28.6 Å². The van der Waals surface area contributed by atoms with Gasteiger partial charge in [0, 0.05) is 19.3 Å². The summed E-state index contributed by atoms with van der Waals surface area (Å²) in [5, 5.41) is 0. The van der Waals surface area contributed by atoms with Gasteiger partial charge in [-0.15, -0.1) is 0 Å². The van der Waals surface area contributed by atoms with Crippen molar-refractivity contribution in [3.05, 3.63) is 60.8 Å². The maximum atomic E-state index is 12.8. The fraction of sp³-hybridized carbons (Fsp3) is 0.764. The molecule has 0 saturated carbocycles. The summed E-state index contributed by atoms with van der Waals surface area (Å²) in [4.78, 5) is 38.0. The Labute approximate surface area is 377 Å². The normalized spacial score (nSPS) is 12.5. The summed E-state index contributed by atoms with van der Waals surface area (Å²) in [6.45, 7) is 6.45. The van der Waals surface area contributed by atoms with Crippen LogP contribution in [0.15, 0.2) is 60.8 Å². The molecule has 1 atom stereocenters. The molecule has 0 bridgehead atoms. The first-order chi connectivity index (χ1) is 30.0. The molecule has 0 amide bonds. The molecule has 0 fully saturated rings. The topological polar surface area (TPSA) is 78.9 Å². The number of carbonyl (C=O) groups excluding carboxylic acids is 3. The van der Waals surface area contributed by atoms with Crippen LogP contribution >= 0.6 is 0 Å². The largest absolute Gasteiger partial charge is 0.462 e. The highest BCUT2D eigenvalue weighted by atomic mass is 16.6. The third-order valence-electron chi connectivity index (χ3n) is 11.0. The Morgan fingerprint density at radius 1 is 0.344 bits per heavy atom. The molecule has 0 aromatic rings. The second-order valence-electron chi connectivity index (χ2n) is 17.1. The van der Waals surface area contributed by atoms with E-state index in [1.807, 2.05) is 0 Å². The molecular weight excluding hydrogens is 757 g/mol. The van der Waals surface area contributed by atoms with Gasteiger partial charge < -0.3 is 14.2 Å². The monoisotopic (exact) mass is 853 g/mol. The van der Waals surface area contributed by atoms with Crippen LogP contribution in [-0.4, -0.2) is 37.2 Å². The molecule has 0 saturated heterocycles. The molecule has 0 N–H and O–H groups in total. The Balaban J connectivity index is 4.41. The zero-order valence-electron chi connectivity index (χ0n) is 40.2. The van der Waals surface area contributed by atoms with Crippen molar-refractivity contribution in [2.45, 2.75) is 258 Å². The molecule has 0 aliphatic heterocycles. The highest BCUT2D eigenvalue weighted by Crippen LogP contribution is 2.15. The number of ether oxygens (including phenoxy) is 3. The molecule has 0 aromatic carbocycles. The SMILES string of the molecule is CC/C=C\C/C=C\C/C=C\CCCCCCCC(=O)OCC(COC(=O)CCCCCCC/C=C\C/C=C\CCC)OC(=O)CCCCCCCCCCCCCCCCC. The second kappa shape index (κ2) is 49.8. The van der Waals surface area contributed by atoms with Crippen molar-refractivity contribution in [3.8, 4) is 0 Å². The standard InChI is InChI=1S/C55H96O6/c1-4-7-10-13-16-19-22-25-27-30-33-36-39-42-45-48-54(57)60-51-52(50-59-53(56)47-44-41-38-35-32-29-24-21-18-15-12-9-6-3)61-55(58)49-46-43-40-37-34-31-28-26-23-20-17-14-11-8-5-2/h7,10,12,15-16,19,21,24-25,27,52H,4-6,8-9,11,13-14,17-18,20,22-23,26,28-51H2,1-3H3/b10-7-,15-12-,19-16-,24-21-,27-25-. The molecule has 61 heavy (non-hydrogen) atoms. The molecule has 352 valence electrons. The van der Waals surface area contributed by atoms with Crippen molar-refractivity contribution in [2.24, 2.45) is 0 Å². The minimum Gasteiger partial charge on any atom is -0.462 e. The van der Waals surface area contributed by atoms with Gasteiger partial charge in [-0.1, -0.05) is 216 Å². The predicted octanol–water partition coefficient (Wildman–Crippen LogP) is 16.9. The molecule has 0 radical (unpaired) electrons. The molecule has 6 heteroatoms. The lowest BCUT2D eigenvalue weighted by atomic mass is 10.0. The first-order valence-electron chi connectivity index (χ1n) is 25.8. The van der Waals surface area contributed by atoms with Gasteiger partial charge in [0.2, 0.25) is 0 Å². The quantitative estimate of drug-likeness (QED) is 0.0263. The number of allylic oxidation sites excluding steroid dienone is 10. The Hall–Kier alpha value is -2.89. The zero-order valence-corrected chi connectivity index (χ0v) is 40.2. The molecule has 1 unspecified atom stereocenters. The van der Waals surface area contributed by atoms with Gasteiger partial charge in [-0.2, -0.15) is 0 Å². The van der Waals surface area contributed by atoms with E-state index in [2.05, 4.69) is 81.5 Å². The fourth-order valence-corrected chi connectivity index (χ4v) is 7.14. The van der Waals surface area contributed by atoms with Gasteiger partial charge in [0.15, 0.2) is 6.10 Å². The molecular formula is C55H96O6. The predicted molar refractivity (Wildman–Crippen MR) is 261 cm³/mol. The zero-order chi connectivity index (χ0) is 44.4. The van der Waals surface area contributed by atoms with E-state index in [1.54, 1.807) is 0 Å². The van der Waals surface area contributed by atoms with E-state index in [9.17, 15) is 14.4 Å². The van der Waals surface area contributed by atoms with Crippen molar-refractivity contribution >= 4 is 17.9 Å². The minimum atomic E-state index is -0.784. The van der Waals surface area contributed by atoms with Crippen molar-refractivity contribution in [3.63, 3.8) is 0 Å². The third-order valence-corrected chi connectivity index (χ3v) is 11.0. The van der Waals surface area contributed by atoms with Gasteiger partial charge in [0.25, 0.3) is 0 Å². The van der Waals surface area contributed by atoms with E-state index < -0.39 is 6.10 Å². The molecule has 0 heterocycles. The summed E-state index contributed by atoms with van der Waals surface area (Å²) in [7, 11) is 0. The van der Waals surface area contributed by atoms with E-state index >= 15 is 0 Å². The van der Waals surface area contributed by atoms with Crippen LogP contribution in [0.2, 0.25) is 0 Å². The van der Waals surface area contributed by atoms with Crippen molar-refractivity contribution in [2.75, 3.05) is 13.2 Å². The number of carbonyl (C=O) groups is 3. The van der Waals surface area contributed by atoms with Crippen LogP contribution in [0.4, 0.5) is 0 Å². The first kappa shape index (κ1) is 58.1. The van der Waals surface area contributed by atoms with Gasteiger partial charge in [0.05, 0.1) is 0 Å². The average Bonchev–Trinajstić information content (AvgIpc) is 3.26. The number of unbranched alkanes of at least 4 members (excludes halogenated alkanes) is 25. The van der Waals surface area contributed by atoms with Crippen LogP contribution in [0.1, 0.15) is 252 Å². The van der Waals surface area contributed by atoms with Gasteiger partial charge in [-0.05, 0) is 77.0 Å². The minimum absolute atomic E-state index is 0.0856. The molecule has 0 spiro atoms. The molecule has 6 nitrogen and oxygen atoms in total. The van der Waals surface area contributed by atoms with Crippen molar-refractivity contribution in [1.82, 2.24) is 0 Å². The summed E-state index contributed by atoms with van der Waals surface area (Å²) in [6.07, 6.45) is 60.6. The highest BCUT2D eigenvalue weighted by molar-refractivity contribution is 5.71. The van der Waals surface area contributed by atoms with Gasteiger partial charge >= 0.3 is 17.9 Å². The lowest BCUT2D eigenvalue weighted by molar-refractivity contribution is -0.167. The van der Waals surface area contributed by atoms with Gasteiger partial charge in [-0.25, -0.2) is 0 Å². The van der Waals surface area contributed by atoms with Gasteiger partial charge in [-0.3, -0.25) is 14.4 Å². The molecule has 0 rings (SSSR count). The highest BCUT2D eigenvalue weighted by Gasteiger charge is 2.19. The van der Waals surface area contributed by atoms with Crippen LogP contribution in [0, 0.1) is 0 Å². The lowest BCUT2D eigenvalue weighted by Crippen LogP contribution is -2.30. The molecule has 0 aromatic heterocycles. The summed E-state index contributed by atoms with van der Waals surface area (Å²) in [5.41, 5.74) is 0. The maximum Gasteiger partial charge on any atom is 0.306 e. The summed E-state index contributed by atoms with van der Waals surface area (Å²) in [6, 6.07) is 0. The van der Waals surface area contributed by atoms with E-state index in [-0.39, 0.29) is 31.1 Å². The summed E-state index contributed by atoms with van der Waals surface area (Å²) >= 11 is 0. The second-order valence-corrected chi connectivity index (χ2v) is 17.1. The van der Waals surface area contributed by atoms with Crippen molar-refractivity contribution in [1.29, 1.82) is 0 Å². The number of hydrogen-bond acceptors (Lipinski definition) is 6. The van der Waals surface area contributed by atoms with Crippen LogP contribution in [0.5, 0.6) is 0 Å². The average molecular weight is 853 g/mol. The maximum absolute atomic E-state index is 12.8. The van der Waals surface area contributed by atoms with E-state index in [0.717, 1.165) is 122 Å². The Kier molecular flexibility index (Phi) is 47.4. The van der Waals surface area contributed by atoms with E-state index in [4.69, 9.17) is 14.2 Å². The summed E-state index contributed by atoms with van der Waals surface area (Å²) < 4.78 is 16.8. The Morgan fingerprint density at radius 2 is 0.672 bits per heavy atom. The fourth-order valence-electron chi connectivity index (χ4n) is 7.14. The van der Waals surface area contributed by atoms with Crippen molar-refractivity contribution < 1.29 is 28.6 Å². The number of esters is 3. The third kappa shape index (κ3) is 48.0. The van der Waals surface area contributed by atoms with E-state index in [0.29, 0.717) is 19.3 Å². The van der Waals surface area contributed by atoms with Crippen LogP contribution in [0.25, 0.3) is 0 Å². The number of hydrogen-bond donors (Lipinski definition) is 0. The lowest BCUT2D eigenvalue weighted by Gasteiger charge is -2.18. The Bertz CT molecular complexity index is 1120. The summed E-state index contributed by atoms with van der Waals surface area (Å²) in [5.74, 6) is -0.910. The van der Waals surface area contributed by atoms with Crippen LogP contribution < -0.4 is 0 Å². The van der Waals surface area contributed by atoms with Crippen LogP contribution in [0.3, 0.4) is 0 Å². The van der Waals surface area contributed by atoms with Gasteiger partial charge in [0.1, 0.15) is 13.2 Å².